The van der Waals surface area contributed by atoms with E-state index in [1.165, 1.54) is 0 Å². The molecule has 0 aromatic heterocycles. The van der Waals surface area contributed by atoms with E-state index in [1.54, 1.807) is 0 Å². The van der Waals surface area contributed by atoms with Crippen LogP contribution in [0.5, 0.6) is 0 Å². The first-order valence-electron chi connectivity index (χ1n) is 1.75. The SMILES string of the molecule is O=C(O)/C=C/C[O-]. The number of hydrogen-bond acceptors (Lipinski definition) is 2. The first-order valence-corrected chi connectivity index (χ1v) is 1.75. The first-order chi connectivity index (χ1) is 3.27. The van der Waals surface area contributed by atoms with Gasteiger partial charge in [0.05, 0.1) is 0 Å². The number of carboxylic acid groups (broad SMARTS) is 1. The number of rotatable bonds is 2. The molecule has 0 unspecified atom stereocenters. The Balaban J connectivity index is 3.26. The van der Waals surface area contributed by atoms with Crippen molar-refractivity contribution in [3.05, 3.63) is 12.2 Å². The maximum atomic E-state index is 9.53. The Kier molecular flexibility index (Phi) is 2.96. The minimum atomic E-state index is -1.07. The van der Waals surface area contributed by atoms with Gasteiger partial charge < -0.3 is 10.2 Å². The van der Waals surface area contributed by atoms with E-state index in [0.29, 0.717) is 0 Å². The maximum Gasteiger partial charge on any atom is 0.327 e. The number of carboxylic acids is 1. The lowest BCUT2D eigenvalue weighted by molar-refractivity contribution is -0.352. The van der Waals surface area contributed by atoms with Crippen molar-refractivity contribution in [3.8, 4) is 0 Å². The summed E-state index contributed by atoms with van der Waals surface area (Å²) < 4.78 is 0. The quantitative estimate of drug-likeness (QED) is 0.453. The van der Waals surface area contributed by atoms with Gasteiger partial charge in [-0.3, -0.25) is 0 Å². The van der Waals surface area contributed by atoms with Crippen LogP contribution in [0.3, 0.4) is 0 Å². The van der Waals surface area contributed by atoms with Crippen LogP contribution in [0.15, 0.2) is 12.2 Å². The molecule has 7 heavy (non-hydrogen) atoms. The summed E-state index contributed by atoms with van der Waals surface area (Å²) in [5.41, 5.74) is 0. The van der Waals surface area contributed by atoms with Crippen LogP contribution >= 0.6 is 0 Å². The van der Waals surface area contributed by atoms with Crippen LogP contribution in [-0.4, -0.2) is 17.7 Å². The minimum absolute atomic E-state index is 0.466. The molecule has 0 aromatic carbocycles. The molecule has 40 valence electrons. The van der Waals surface area contributed by atoms with Crippen LogP contribution in [0.4, 0.5) is 0 Å². The van der Waals surface area contributed by atoms with E-state index >= 15 is 0 Å². The van der Waals surface area contributed by atoms with Crippen molar-refractivity contribution in [2.75, 3.05) is 6.61 Å². The Labute approximate surface area is 40.9 Å². The lowest BCUT2D eigenvalue weighted by atomic mass is 10.5. The van der Waals surface area contributed by atoms with Crippen molar-refractivity contribution in [2.24, 2.45) is 0 Å². The first kappa shape index (κ1) is 6.17. The Morgan fingerprint density at radius 1 is 1.86 bits per heavy atom. The van der Waals surface area contributed by atoms with Gasteiger partial charge in [-0.05, 0) is 0 Å². The van der Waals surface area contributed by atoms with E-state index in [2.05, 4.69) is 0 Å². The van der Waals surface area contributed by atoms with E-state index in [9.17, 15) is 9.90 Å². The highest BCUT2D eigenvalue weighted by molar-refractivity contribution is 5.79. The molecule has 0 saturated carbocycles. The Bertz CT molecular complexity index is 84.9. The van der Waals surface area contributed by atoms with Gasteiger partial charge in [-0.2, -0.15) is 0 Å². The number of aliphatic carboxylic acids is 1. The Hall–Kier alpha value is -0.830. The zero-order chi connectivity index (χ0) is 5.70. The average molecular weight is 101 g/mol. The van der Waals surface area contributed by atoms with Crippen molar-refractivity contribution in [1.82, 2.24) is 0 Å². The van der Waals surface area contributed by atoms with Gasteiger partial charge in [0.1, 0.15) is 0 Å². The second kappa shape index (κ2) is 3.36. The topological polar surface area (TPSA) is 60.4 Å². The van der Waals surface area contributed by atoms with Gasteiger partial charge in [0.25, 0.3) is 0 Å². The van der Waals surface area contributed by atoms with E-state index < -0.39 is 12.6 Å². The molecule has 0 aliphatic heterocycles. The van der Waals surface area contributed by atoms with Gasteiger partial charge in [0.2, 0.25) is 0 Å². The molecule has 0 spiro atoms. The zero-order valence-corrected chi connectivity index (χ0v) is 3.63. The molecule has 0 radical (unpaired) electrons. The van der Waals surface area contributed by atoms with Crippen molar-refractivity contribution in [2.45, 2.75) is 0 Å². The normalized spacial score (nSPS) is 9.86. The molecular formula is C4H5O3-. The van der Waals surface area contributed by atoms with Crippen molar-refractivity contribution >= 4 is 5.97 Å². The fourth-order valence-electron chi connectivity index (χ4n) is 0.149. The summed E-state index contributed by atoms with van der Waals surface area (Å²) in [4.78, 5) is 9.53. The molecule has 1 N–H and O–H groups in total. The molecule has 0 rings (SSSR count). The highest BCUT2D eigenvalue weighted by Crippen LogP contribution is 1.65. The molecule has 0 aliphatic carbocycles. The number of hydrogen-bond donors (Lipinski definition) is 1. The van der Waals surface area contributed by atoms with Crippen LogP contribution in [0, 0.1) is 0 Å². The van der Waals surface area contributed by atoms with Crippen LogP contribution < -0.4 is 5.11 Å². The van der Waals surface area contributed by atoms with Gasteiger partial charge in [-0.1, -0.05) is 6.08 Å². The standard InChI is InChI=1S/C4H5O3/c5-3-1-2-4(6)7/h1-2H,3H2,(H,6,7)/q-1/b2-1+. The molecule has 0 heterocycles. The molecule has 0 aromatic rings. The molecule has 0 saturated heterocycles. The summed E-state index contributed by atoms with van der Waals surface area (Å²) in [5.74, 6) is -1.07. The molecule has 0 aliphatic rings. The van der Waals surface area contributed by atoms with E-state index in [1.807, 2.05) is 0 Å². The second-order valence-corrected chi connectivity index (χ2v) is 0.907. The third kappa shape index (κ3) is 5.17. The van der Waals surface area contributed by atoms with Crippen LogP contribution in [-0.2, 0) is 4.79 Å². The molecule has 0 amide bonds. The summed E-state index contributed by atoms with van der Waals surface area (Å²) in [5, 5.41) is 17.3. The molecule has 0 bridgehead atoms. The minimum Gasteiger partial charge on any atom is -0.851 e. The lowest BCUT2D eigenvalue weighted by Crippen LogP contribution is -2.01. The predicted octanol–water partition coefficient (Wildman–Crippen LogP) is -1.01. The number of carbonyl (C=O) groups is 1. The Morgan fingerprint density at radius 3 is 2.57 bits per heavy atom. The van der Waals surface area contributed by atoms with Gasteiger partial charge in [-0.15, -0.1) is 6.61 Å². The summed E-state index contributed by atoms with van der Waals surface area (Å²) in [6.45, 7) is -0.466. The third-order valence-electron chi connectivity index (χ3n) is 0.357. The molecular weight excluding hydrogens is 96.0 g/mol. The summed E-state index contributed by atoms with van der Waals surface area (Å²) in [6, 6.07) is 0. The van der Waals surface area contributed by atoms with Crippen LogP contribution in [0.1, 0.15) is 0 Å². The summed E-state index contributed by atoms with van der Waals surface area (Å²) >= 11 is 0. The second-order valence-electron chi connectivity index (χ2n) is 0.907. The smallest absolute Gasteiger partial charge is 0.327 e. The lowest BCUT2D eigenvalue weighted by Gasteiger charge is -1.87. The third-order valence-corrected chi connectivity index (χ3v) is 0.357. The van der Waals surface area contributed by atoms with E-state index in [-0.39, 0.29) is 0 Å². The van der Waals surface area contributed by atoms with Gasteiger partial charge >= 0.3 is 5.97 Å². The molecule has 3 heteroatoms. The molecule has 0 atom stereocenters. The Morgan fingerprint density at radius 2 is 2.43 bits per heavy atom. The van der Waals surface area contributed by atoms with Gasteiger partial charge in [-0.25, -0.2) is 4.79 Å². The van der Waals surface area contributed by atoms with E-state index in [4.69, 9.17) is 5.11 Å². The van der Waals surface area contributed by atoms with E-state index in [0.717, 1.165) is 12.2 Å². The largest absolute Gasteiger partial charge is 0.851 e. The summed E-state index contributed by atoms with van der Waals surface area (Å²) in [7, 11) is 0. The highest BCUT2D eigenvalue weighted by Gasteiger charge is 1.77. The van der Waals surface area contributed by atoms with Gasteiger partial charge in [0.15, 0.2) is 0 Å². The van der Waals surface area contributed by atoms with Crippen LogP contribution in [0.25, 0.3) is 0 Å². The fourth-order valence-corrected chi connectivity index (χ4v) is 0.149. The van der Waals surface area contributed by atoms with Crippen LogP contribution in [0.2, 0.25) is 0 Å². The maximum absolute atomic E-state index is 9.53. The van der Waals surface area contributed by atoms with Gasteiger partial charge in [0, 0.05) is 6.08 Å². The summed E-state index contributed by atoms with van der Waals surface area (Å²) in [6.07, 6.45) is 1.87. The molecule has 0 fully saturated rings. The van der Waals surface area contributed by atoms with Crippen molar-refractivity contribution < 1.29 is 15.0 Å². The zero-order valence-electron chi connectivity index (χ0n) is 3.63. The van der Waals surface area contributed by atoms with Crippen molar-refractivity contribution in [3.63, 3.8) is 0 Å². The fraction of sp³-hybridized carbons (Fsp3) is 0.250. The van der Waals surface area contributed by atoms with Crippen molar-refractivity contribution in [1.29, 1.82) is 0 Å². The average Bonchev–Trinajstić information content (AvgIpc) is 1.61. The molecule has 3 nitrogen and oxygen atoms in total. The monoisotopic (exact) mass is 101 g/mol. The predicted molar refractivity (Wildman–Crippen MR) is 21.6 cm³/mol. The highest BCUT2D eigenvalue weighted by atomic mass is 16.4.